The molecule has 3 rings (SSSR count). The second kappa shape index (κ2) is 7.19. The molecule has 1 N–H and O–H groups in total. The number of thioether (sulfide) groups is 1. The lowest BCUT2D eigenvalue weighted by molar-refractivity contribution is 0.734. The molecular weight excluding hydrogens is 340 g/mol. The van der Waals surface area contributed by atoms with E-state index < -0.39 is 0 Å². The summed E-state index contributed by atoms with van der Waals surface area (Å²) in [7, 11) is 1.71. The number of nitrogens with zero attached hydrogens (tertiary/aromatic N) is 3. The van der Waals surface area contributed by atoms with E-state index in [2.05, 4.69) is 28.5 Å². The molecule has 0 aliphatic rings. The summed E-state index contributed by atoms with van der Waals surface area (Å²) in [6.45, 7) is 4.09. The lowest BCUT2D eigenvalue weighted by Gasteiger charge is -2.13. The molecule has 2 aromatic heterocycles. The lowest BCUT2D eigenvalue weighted by atomic mass is 10.1. The number of hydrogen-bond donors (Lipinski definition) is 1. The van der Waals surface area contributed by atoms with Crippen LogP contribution in [0.4, 0.5) is 11.6 Å². The zero-order valence-electron chi connectivity index (χ0n) is 13.7. The van der Waals surface area contributed by atoms with E-state index in [1.807, 2.05) is 36.6 Å². The maximum atomic E-state index is 12.5. The van der Waals surface area contributed by atoms with Crippen molar-refractivity contribution in [3.05, 3.63) is 62.1 Å². The first kappa shape index (κ1) is 16.7. The molecule has 0 bridgehead atoms. The van der Waals surface area contributed by atoms with Crippen molar-refractivity contribution in [3.63, 3.8) is 0 Å². The van der Waals surface area contributed by atoms with Gasteiger partial charge in [0.1, 0.15) is 0 Å². The molecule has 0 fully saturated rings. The van der Waals surface area contributed by atoms with Crippen molar-refractivity contribution >= 4 is 34.7 Å². The van der Waals surface area contributed by atoms with Gasteiger partial charge in [-0.3, -0.25) is 9.36 Å². The van der Waals surface area contributed by atoms with Crippen LogP contribution in [0.1, 0.15) is 16.0 Å². The molecule has 0 saturated carbocycles. The molecule has 0 unspecified atom stereocenters. The molecule has 5 nitrogen and oxygen atoms in total. The molecule has 0 amide bonds. The maximum Gasteiger partial charge on any atom is 0.287 e. The second-order valence-electron chi connectivity index (χ2n) is 5.43. The Hall–Kier alpha value is -2.12. The highest BCUT2D eigenvalue weighted by Gasteiger charge is 2.11. The van der Waals surface area contributed by atoms with Gasteiger partial charge in [-0.1, -0.05) is 30.0 Å². The molecule has 0 aliphatic carbocycles. The molecule has 0 saturated heterocycles. The van der Waals surface area contributed by atoms with Crippen molar-refractivity contribution in [2.45, 2.75) is 24.6 Å². The summed E-state index contributed by atoms with van der Waals surface area (Å²) < 4.78 is 1.51. The average molecular weight is 358 g/mol. The summed E-state index contributed by atoms with van der Waals surface area (Å²) in [5.74, 6) is 1.17. The van der Waals surface area contributed by atoms with Crippen LogP contribution in [0.15, 0.2) is 45.5 Å². The Labute approximate surface area is 148 Å². The van der Waals surface area contributed by atoms with Gasteiger partial charge in [0.15, 0.2) is 5.03 Å². The van der Waals surface area contributed by atoms with Crippen molar-refractivity contribution in [2.75, 3.05) is 5.32 Å². The number of aryl methyl sites for hydroxylation is 1. The first-order valence-corrected chi connectivity index (χ1v) is 9.35. The summed E-state index contributed by atoms with van der Waals surface area (Å²) in [5, 5.41) is 13.9. The van der Waals surface area contributed by atoms with Crippen LogP contribution < -0.4 is 10.9 Å². The molecule has 124 valence electrons. The van der Waals surface area contributed by atoms with Gasteiger partial charge in [0.05, 0.1) is 0 Å². The van der Waals surface area contributed by atoms with Crippen molar-refractivity contribution in [2.24, 2.45) is 7.05 Å². The Kier molecular flexibility index (Phi) is 5.01. The normalized spacial score (nSPS) is 10.8. The Morgan fingerprint density at radius 3 is 2.79 bits per heavy atom. The third kappa shape index (κ3) is 3.52. The minimum atomic E-state index is -0.139. The lowest BCUT2D eigenvalue weighted by Crippen LogP contribution is -2.24. The van der Waals surface area contributed by atoms with E-state index in [0.717, 1.165) is 17.0 Å². The van der Waals surface area contributed by atoms with E-state index in [0.29, 0.717) is 11.0 Å². The molecule has 2 heterocycles. The number of rotatable bonds is 5. The molecule has 0 aliphatic heterocycles. The standard InChI is InChI=1S/C17H18N4OS2/c1-11-6-4-8-14(12(11)2)18-17-20-19-15(16(22)21(17)3)24-10-13-7-5-9-23-13/h4-9H,10H2,1-3H3,(H,18,20). The molecule has 0 radical (unpaired) electrons. The Balaban J connectivity index is 1.82. The van der Waals surface area contributed by atoms with E-state index in [1.165, 1.54) is 26.8 Å². The SMILES string of the molecule is Cc1cccc(Nc2nnc(SCc3cccs3)c(=O)n2C)c1C. The van der Waals surface area contributed by atoms with E-state index in [-0.39, 0.29) is 5.56 Å². The van der Waals surface area contributed by atoms with Crippen LogP contribution in [0.25, 0.3) is 0 Å². The molecule has 1 aromatic carbocycles. The summed E-state index contributed by atoms with van der Waals surface area (Å²) in [6.07, 6.45) is 0. The highest BCUT2D eigenvalue weighted by molar-refractivity contribution is 7.98. The highest BCUT2D eigenvalue weighted by atomic mass is 32.2. The minimum absolute atomic E-state index is 0.139. The number of aromatic nitrogens is 3. The summed E-state index contributed by atoms with van der Waals surface area (Å²) in [6, 6.07) is 10.0. The van der Waals surface area contributed by atoms with E-state index in [4.69, 9.17) is 0 Å². The fraction of sp³-hybridized carbons (Fsp3) is 0.235. The smallest absolute Gasteiger partial charge is 0.287 e. The number of hydrogen-bond acceptors (Lipinski definition) is 6. The molecule has 24 heavy (non-hydrogen) atoms. The van der Waals surface area contributed by atoms with Crippen LogP contribution in [0.3, 0.4) is 0 Å². The average Bonchev–Trinajstić information content (AvgIpc) is 3.09. The number of nitrogens with one attached hydrogen (secondary N) is 1. The fourth-order valence-corrected chi connectivity index (χ4v) is 3.86. The van der Waals surface area contributed by atoms with Gasteiger partial charge >= 0.3 is 0 Å². The predicted molar refractivity (Wildman–Crippen MR) is 100 cm³/mol. The van der Waals surface area contributed by atoms with Gasteiger partial charge in [-0.15, -0.1) is 21.5 Å². The monoisotopic (exact) mass is 358 g/mol. The van der Waals surface area contributed by atoms with E-state index >= 15 is 0 Å². The second-order valence-corrected chi connectivity index (χ2v) is 7.43. The molecule has 0 atom stereocenters. The quantitative estimate of drug-likeness (QED) is 0.701. The first-order chi connectivity index (χ1) is 11.6. The molecule has 0 spiro atoms. The van der Waals surface area contributed by atoms with Gasteiger partial charge in [0.25, 0.3) is 5.56 Å². The van der Waals surface area contributed by atoms with Crippen molar-refractivity contribution in [1.82, 2.24) is 14.8 Å². The van der Waals surface area contributed by atoms with E-state index in [1.54, 1.807) is 18.4 Å². The van der Waals surface area contributed by atoms with Crippen LogP contribution in [0, 0.1) is 13.8 Å². The topological polar surface area (TPSA) is 59.8 Å². The maximum absolute atomic E-state index is 12.5. The van der Waals surface area contributed by atoms with Gasteiger partial charge in [-0.25, -0.2) is 0 Å². The molecule has 3 aromatic rings. The van der Waals surface area contributed by atoms with Crippen LogP contribution in [0.2, 0.25) is 0 Å². The Morgan fingerprint density at radius 1 is 1.21 bits per heavy atom. The summed E-state index contributed by atoms with van der Waals surface area (Å²) in [5.41, 5.74) is 3.10. The summed E-state index contributed by atoms with van der Waals surface area (Å²) in [4.78, 5) is 13.7. The summed E-state index contributed by atoms with van der Waals surface area (Å²) >= 11 is 3.09. The zero-order valence-corrected chi connectivity index (χ0v) is 15.4. The number of benzene rings is 1. The van der Waals surface area contributed by atoms with Crippen LogP contribution >= 0.6 is 23.1 Å². The Bertz CT molecular complexity index is 903. The van der Waals surface area contributed by atoms with Gasteiger partial charge in [0, 0.05) is 23.4 Å². The highest BCUT2D eigenvalue weighted by Crippen LogP contribution is 2.23. The van der Waals surface area contributed by atoms with Gasteiger partial charge in [-0.05, 0) is 42.5 Å². The fourth-order valence-electron chi connectivity index (χ4n) is 2.18. The predicted octanol–water partition coefficient (Wildman–Crippen LogP) is 3.89. The van der Waals surface area contributed by atoms with Crippen molar-refractivity contribution in [1.29, 1.82) is 0 Å². The number of thiophene rings is 1. The van der Waals surface area contributed by atoms with Crippen molar-refractivity contribution in [3.8, 4) is 0 Å². The molecule has 7 heteroatoms. The van der Waals surface area contributed by atoms with E-state index in [9.17, 15) is 4.79 Å². The minimum Gasteiger partial charge on any atom is -0.324 e. The van der Waals surface area contributed by atoms with Crippen LogP contribution in [0.5, 0.6) is 0 Å². The van der Waals surface area contributed by atoms with Gasteiger partial charge in [0.2, 0.25) is 5.95 Å². The third-order valence-corrected chi connectivity index (χ3v) is 5.87. The van der Waals surface area contributed by atoms with Crippen LogP contribution in [-0.2, 0) is 12.8 Å². The zero-order chi connectivity index (χ0) is 17.1. The van der Waals surface area contributed by atoms with Gasteiger partial charge < -0.3 is 5.32 Å². The first-order valence-electron chi connectivity index (χ1n) is 7.48. The molecular formula is C17H18N4OS2. The number of anilines is 2. The van der Waals surface area contributed by atoms with Crippen molar-refractivity contribution < 1.29 is 0 Å². The van der Waals surface area contributed by atoms with Crippen LogP contribution in [-0.4, -0.2) is 14.8 Å². The van der Waals surface area contributed by atoms with Gasteiger partial charge in [-0.2, -0.15) is 0 Å². The third-order valence-electron chi connectivity index (χ3n) is 3.82. The Morgan fingerprint density at radius 2 is 2.04 bits per heavy atom. The largest absolute Gasteiger partial charge is 0.324 e.